The van der Waals surface area contributed by atoms with E-state index < -0.39 is 22.6 Å². The first kappa shape index (κ1) is 25.8. The van der Waals surface area contributed by atoms with Crippen LogP contribution in [0.15, 0.2) is 35.5 Å². The van der Waals surface area contributed by atoms with Crippen LogP contribution in [0.4, 0.5) is 4.39 Å². The maximum Gasteiger partial charge on any atom is 0.239 e. The topological polar surface area (TPSA) is 103 Å². The van der Waals surface area contributed by atoms with Crippen LogP contribution in [0.1, 0.15) is 20.3 Å². The van der Waals surface area contributed by atoms with Gasteiger partial charge in [-0.25, -0.2) is 4.39 Å². The third-order valence-electron chi connectivity index (χ3n) is 4.80. The largest absolute Gasteiger partial charge is 0.340 e. The molecule has 1 aliphatic rings. The Labute approximate surface area is 183 Å². The molecule has 1 fully saturated rings. The molecule has 0 radical (unpaired) electrons. The van der Waals surface area contributed by atoms with Gasteiger partial charge in [-0.15, -0.1) is 35.6 Å². The number of hydrogen-bond donors (Lipinski definition) is 3. The standard InChI is InChI=1S/C18H25FN4O3S.2ClH/c1-12-11-22(18(24)13(2)20)7-4-8-23(12)27(25,26)16-6-3-5-14-9-21-10-15(19)17(14)16;;/h3,5-6,9-10,12-13,25-26H,4,7-8,11,20H2,1-2H3;2*1H/t12-,13-;;/m0../s1. The molecular weight excluding hydrogens is 442 g/mol. The van der Waals surface area contributed by atoms with Crippen molar-refractivity contribution in [3.8, 4) is 0 Å². The Balaban J connectivity index is 0.00000210. The van der Waals surface area contributed by atoms with Gasteiger partial charge < -0.3 is 10.6 Å². The molecule has 0 bridgehead atoms. The summed E-state index contributed by atoms with van der Waals surface area (Å²) in [6, 6.07) is 3.92. The van der Waals surface area contributed by atoms with Crippen LogP contribution in [0, 0.1) is 5.82 Å². The molecule has 2 heterocycles. The van der Waals surface area contributed by atoms with Crippen molar-refractivity contribution in [2.75, 3.05) is 19.6 Å². The lowest BCUT2D eigenvalue weighted by atomic mass is 10.2. The van der Waals surface area contributed by atoms with Crippen LogP contribution < -0.4 is 5.73 Å². The predicted octanol–water partition coefficient (Wildman–Crippen LogP) is 3.51. The zero-order valence-corrected chi connectivity index (χ0v) is 18.6. The van der Waals surface area contributed by atoms with Crippen molar-refractivity contribution in [3.63, 3.8) is 0 Å². The number of fused-ring (bicyclic) bond motifs is 1. The summed E-state index contributed by atoms with van der Waals surface area (Å²) in [6.07, 6.45) is 3.12. The number of amides is 1. The van der Waals surface area contributed by atoms with Gasteiger partial charge in [-0.1, -0.05) is 12.1 Å². The first-order valence-corrected chi connectivity index (χ1v) is 10.4. The molecule has 1 aliphatic heterocycles. The smallest absolute Gasteiger partial charge is 0.239 e. The van der Waals surface area contributed by atoms with Gasteiger partial charge in [0.1, 0.15) is 0 Å². The number of aromatic nitrogens is 1. The lowest BCUT2D eigenvalue weighted by Gasteiger charge is -2.46. The van der Waals surface area contributed by atoms with Gasteiger partial charge in [0, 0.05) is 42.6 Å². The Morgan fingerprint density at radius 2 is 2.00 bits per heavy atom. The Morgan fingerprint density at radius 1 is 1.31 bits per heavy atom. The van der Waals surface area contributed by atoms with Gasteiger partial charge >= 0.3 is 0 Å². The number of benzene rings is 1. The van der Waals surface area contributed by atoms with E-state index in [1.54, 1.807) is 28.3 Å². The number of carbonyl (C=O) groups excluding carboxylic acids is 1. The fourth-order valence-corrected chi connectivity index (χ4v) is 5.47. The zero-order chi connectivity index (χ0) is 19.8. The van der Waals surface area contributed by atoms with Crippen LogP contribution in [-0.2, 0) is 4.79 Å². The Kier molecular flexibility index (Phi) is 9.10. The summed E-state index contributed by atoms with van der Waals surface area (Å²) in [5.41, 5.74) is 5.71. The van der Waals surface area contributed by atoms with Crippen molar-refractivity contribution in [1.29, 1.82) is 0 Å². The Hall–Kier alpha value is -1.20. The van der Waals surface area contributed by atoms with E-state index >= 15 is 0 Å². The van der Waals surface area contributed by atoms with Gasteiger partial charge in [-0.2, -0.15) is 4.31 Å². The summed E-state index contributed by atoms with van der Waals surface area (Å²) in [5.74, 6) is -0.762. The number of carbonyl (C=O) groups is 1. The molecule has 29 heavy (non-hydrogen) atoms. The summed E-state index contributed by atoms with van der Waals surface area (Å²) in [6.45, 7) is 4.64. The third kappa shape index (κ3) is 5.11. The second-order valence-corrected chi connectivity index (χ2v) is 8.86. The Morgan fingerprint density at radius 3 is 2.66 bits per heavy atom. The van der Waals surface area contributed by atoms with E-state index in [4.69, 9.17) is 5.73 Å². The highest BCUT2D eigenvalue weighted by molar-refractivity contribution is 8.22. The van der Waals surface area contributed by atoms with E-state index in [-0.39, 0.29) is 47.0 Å². The summed E-state index contributed by atoms with van der Waals surface area (Å²) < 4.78 is 38.2. The van der Waals surface area contributed by atoms with Crippen LogP contribution >= 0.6 is 35.6 Å². The number of halogens is 3. The van der Waals surface area contributed by atoms with Crippen LogP contribution in [0.2, 0.25) is 0 Å². The molecule has 0 spiro atoms. The zero-order valence-electron chi connectivity index (χ0n) is 16.2. The van der Waals surface area contributed by atoms with Crippen molar-refractivity contribution < 1.29 is 18.3 Å². The van der Waals surface area contributed by atoms with E-state index in [2.05, 4.69) is 4.98 Å². The highest BCUT2D eigenvalue weighted by atomic mass is 35.5. The van der Waals surface area contributed by atoms with E-state index in [0.29, 0.717) is 31.4 Å². The molecule has 0 aliphatic carbocycles. The molecule has 0 unspecified atom stereocenters. The number of pyridine rings is 1. The fourth-order valence-electron chi connectivity index (χ4n) is 3.52. The summed E-state index contributed by atoms with van der Waals surface area (Å²) in [7, 11) is -3.46. The first-order valence-electron chi connectivity index (χ1n) is 8.85. The molecule has 7 nitrogen and oxygen atoms in total. The highest BCUT2D eigenvalue weighted by Gasteiger charge is 2.35. The second kappa shape index (κ2) is 10.2. The molecule has 11 heteroatoms. The fraction of sp³-hybridized carbons (Fsp3) is 0.444. The molecule has 0 saturated carbocycles. The van der Waals surface area contributed by atoms with Crippen LogP contribution in [0.3, 0.4) is 0 Å². The molecule has 164 valence electrons. The average molecular weight is 469 g/mol. The minimum Gasteiger partial charge on any atom is -0.340 e. The van der Waals surface area contributed by atoms with Crippen LogP contribution in [0.5, 0.6) is 0 Å². The monoisotopic (exact) mass is 468 g/mol. The van der Waals surface area contributed by atoms with Gasteiger partial charge in [-0.3, -0.25) is 18.9 Å². The Bertz CT molecular complexity index is 854. The lowest BCUT2D eigenvalue weighted by Crippen LogP contribution is -2.46. The minimum absolute atomic E-state index is 0. The van der Waals surface area contributed by atoms with Crippen molar-refractivity contribution >= 4 is 52.3 Å². The van der Waals surface area contributed by atoms with Gasteiger partial charge in [0.2, 0.25) is 5.91 Å². The third-order valence-corrected chi connectivity index (χ3v) is 6.93. The van der Waals surface area contributed by atoms with Crippen molar-refractivity contribution in [3.05, 3.63) is 36.4 Å². The summed E-state index contributed by atoms with van der Waals surface area (Å²) in [5, 5.41) is 0.663. The molecule has 2 aromatic rings. The maximum atomic E-state index is 14.4. The van der Waals surface area contributed by atoms with Gasteiger partial charge in [-0.05, 0) is 26.3 Å². The van der Waals surface area contributed by atoms with E-state index in [9.17, 15) is 18.3 Å². The lowest BCUT2D eigenvalue weighted by molar-refractivity contribution is -0.132. The number of nitrogens with two attached hydrogens (primary N) is 1. The highest BCUT2D eigenvalue weighted by Crippen LogP contribution is 2.55. The summed E-state index contributed by atoms with van der Waals surface area (Å²) >= 11 is 0. The van der Waals surface area contributed by atoms with E-state index in [1.165, 1.54) is 12.3 Å². The van der Waals surface area contributed by atoms with E-state index in [0.717, 1.165) is 6.20 Å². The molecular formula is C18H27Cl2FN4O3S. The first-order chi connectivity index (χ1) is 12.7. The van der Waals surface area contributed by atoms with E-state index in [1.807, 2.05) is 6.92 Å². The van der Waals surface area contributed by atoms with Crippen molar-refractivity contribution in [2.45, 2.75) is 37.2 Å². The number of nitrogens with zero attached hydrogens (tertiary/aromatic N) is 3. The van der Waals surface area contributed by atoms with Crippen molar-refractivity contribution in [1.82, 2.24) is 14.2 Å². The SMILES string of the molecule is C[C@H](N)C(=O)N1CCCN(S(O)(O)c2cccc3cncc(F)c23)[C@@H](C)C1.Cl.Cl. The number of rotatable bonds is 3. The minimum atomic E-state index is -3.46. The number of hydrogen-bond acceptors (Lipinski definition) is 6. The van der Waals surface area contributed by atoms with Gasteiger partial charge in [0.25, 0.3) is 0 Å². The summed E-state index contributed by atoms with van der Waals surface area (Å²) in [4.78, 5) is 17.9. The molecule has 3 rings (SSSR count). The van der Waals surface area contributed by atoms with Crippen molar-refractivity contribution in [2.24, 2.45) is 5.73 Å². The molecule has 1 amide bonds. The molecule has 1 aromatic heterocycles. The predicted molar refractivity (Wildman–Crippen MR) is 118 cm³/mol. The maximum absolute atomic E-state index is 14.4. The molecule has 4 N–H and O–H groups in total. The second-order valence-electron chi connectivity index (χ2n) is 6.91. The van der Waals surface area contributed by atoms with Gasteiger partial charge in [0.05, 0.1) is 17.1 Å². The van der Waals surface area contributed by atoms with Crippen LogP contribution in [0.25, 0.3) is 10.8 Å². The van der Waals surface area contributed by atoms with Gasteiger partial charge in [0.15, 0.2) is 5.82 Å². The average Bonchev–Trinajstić information content (AvgIpc) is 2.82. The van der Waals surface area contributed by atoms with Crippen LogP contribution in [-0.4, -0.2) is 60.9 Å². The molecule has 1 aromatic carbocycles. The quantitative estimate of drug-likeness (QED) is 0.636. The molecule has 1 saturated heterocycles. The molecule has 2 atom stereocenters. The normalized spacial score (nSPS) is 19.7.